The SMILES string of the molecule is CNC1(C(=O)N2CCC(c3ccc(Nc4ncc(Cl)c(CCc5cccc6c5C(C)(C)C(=O)N6)n4)c(C)c3)CC2)CC1. The van der Waals surface area contributed by atoms with E-state index in [-0.39, 0.29) is 17.4 Å². The Hall–Kier alpha value is -3.49. The van der Waals surface area contributed by atoms with Crippen LogP contribution in [0.5, 0.6) is 0 Å². The monoisotopic (exact) mass is 586 g/mol. The van der Waals surface area contributed by atoms with Crippen molar-refractivity contribution in [1.29, 1.82) is 0 Å². The second kappa shape index (κ2) is 11.0. The molecule has 3 N–H and O–H groups in total. The van der Waals surface area contributed by atoms with Gasteiger partial charge in [0.1, 0.15) is 0 Å². The molecule has 0 spiro atoms. The summed E-state index contributed by atoms with van der Waals surface area (Å²) in [5.74, 6) is 1.24. The molecule has 42 heavy (non-hydrogen) atoms. The van der Waals surface area contributed by atoms with Crippen LogP contribution >= 0.6 is 11.6 Å². The first-order valence-corrected chi connectivity index (χ1v) is 15.3. The molecule has 1 saturated carbocycles. The zero-order valence-corrected chi connectivity index (χ0v) is 25.6. The first kappa shape index (κ1) is 28.6. The lowest BCUT2D eigenvalue weighted by Crippen LogP contribution is -2.49. The van der Waals surface area contributed by atoms with Crippen molar-refractivity contribution in [2.45, 2.75) is 76.2 Å². The van der Waals surface area contributed by atoms with Gasteiger partial charge in [0.25, 0.3) is 0 Å². The van der Waals surface area contributed by atoms with Crippen molar-refractivity contribution in [1.82, 2.24) is 20.2 Å². The molecular formula is C33H39ClN6O2. The van der Waals surface area contributed by atoms with Gasteiger partial charge in [0, 0.05) is 24.5 Å². The van der Waals surface area contributed by atoms with Crippen LogP contribution < -0.4 is 16.0 Å². The van der Waals surface area contributed by atoms with Crippen LogP contribution in [-0.2, 0) is 27.8 Å². The number of carbonyl (C=O) groups is 2. The summed E-state index contributed by atoms with van der Waals surface area (Å²) in [6, 6.07) is 12.5. The first-order valence-electron chi connectivity index (χ1n) is 14.9. The summed E-state index contributed by atoms with van der Waals surface area (Å²) in [5, 5.41) is 10.1. The van der Waals surface area contributed by atoms with Gasteiger partial charge in [0.15, 0.2) is 0 Å². The van der Waals surface area contributed by atoms with E-state index in [2.05, 4.69) is 52.1 Å². The van der Waals surface area contributed by atoms with E-state index in [4.69, 9.17) is 16.6 Å². The number of likely N-dealkylation sites (tertiary alicyclic amines) is 1. The molecule has 1 saturated heterocycles. The largest absolute Gasteiger partial charge is 0.341 e. The highest BCUT2D eigenvalue weighted by Crippen LogP contribution is 2.41. The van der Waals surface area contributed by atoms with E-state index in [0.717, 1.165) is 72.5 Å². The van der Waals surface area contributed by atoms with Crippen LogP contribution in [0.2, 0.25) is 5.02 Å². The molecule has 2 aromatic carbocycles. The summed E-state index contributed by atoms with van der Waals surface area (Å²) in [6.45, 7) is 7.64. The molecule has 0 radical (unpaired) electrons. The number of rotatable bonds is 8. The van der Waals surface area contributed by atoms with Crippen molar-refractivity contribution < 1.29 is 9.59 Å². The Balaban J connectivity index is 1.10. The second-order valence-corrected chi connectivity index (χ2v) is 12.9. The molecule has 0 unspecified atom stereocenters. The Kier molecular flexibility index (Phi) is 7.48. The van der Waals surface area contributed by atoms with Crippen molar-refractivity contribution in [2.24, 2.45) is 0 Å². The zero-order chi connectivity index (χ0) is 29.6. The third-order valence-corrected chi connectivity index (χ3v) is 9.74. The summed E-state index contributed by atoms with van der Waals surface area (Å²) in [7, 11) is 1.89. The van der Waals surface area contributed by atoms with Crippen molar-refractivity contribution in [2.75, 3.05) is 30.8 Å². The van der Waals surface area contributed by atoms with Gasteiger partial charge >= 0.3 is 0 Å². The van der Waals surface area contributed by atoms with Gasteiger partial charge in [-0.2, -0.15) is 0 Å². The van der Waals surface area contributed by atoms with E-state index in [9.17, 15) is 9.59 Å². The Labute approximate surface area is 252 Å². The van der Waals surface area contributed by atoms with Gasteiger partial charge in [-0.3, -0.25) is 9.59 Å². The van der Waals surface area contributed by atoms with E-state index < -0.39 is 5.41 Å². The molecular weight excluding hydrogens is 548 g/mol. The van der Waals surface area contributed by atoms with Gasteiger partial charge in [-0.1, -0.05) is 35.9 Å². The highest BCUT2D eigenvalue weighted by atomic mass is 35.5. The Morgan fingerprint density at radius 3 is 2.60 bits per heavy atom. The molecule has 3 aliphatic rings. The number of aromatic nitrogens is 2. The highest BCUT2D eigenvalue weighted by Gasteiger charge is 2.50. The summed E-state index contributed by atoms with van der Waals surface area (Å²) >= 11 is 6.52. The van der Waals surface area contributed by atoms with E-state index in [0.29, 0.717) is 29.7 Å². The van der Waals surface area contributed by atoms with E-state index in [1.54, 1.807) is 6.20 Å². The number of hydrogen-bond acceptors (Lipinski definition) is 6. The Morgan fingerprint density at radius 2 is 1.90 bits per heavy atom. The molecule has 1 aromatic heterocycles. The smallest absolute Gasteiger partial charge is 0.242 e. The van der Waals surface area contributed by atoms with Gasteiger partial charge in [-0.15, -0.1) is 0 Å². The summed E-state index contributed by atoms with van der Waals surface area (Å²) in [4.78, 5) is 36.6. The summed E-state index contributed by atoms with van der Waals surface area (Å²) in [6.07, 6.45) is 6.84. The quantitative estimate of drug-likeness (QED) is 0.315. The van der Waals surface area contributed by atoms with Crippen molar-refractivity contribution in [3.05, 3.63) is 75.6 Å². The zero-order valence-electron chi connectivity index (χ0n) is 24.8. The number of nitrogens with zero attached hydrogens (tertiary/aromatic N) is 3. The van der Waals surface area contributed by atoms with Crippen molar-refractivity contribution in [3.8, 4) is 0 Å². The standard InChI is InChI=1S/C33H39ClN6O2/c1-20-18-23(21-12-16-40(17-13-21)30(42)33(35-4)14-15-33)9-10-25(20)38-31-36-19-24(34)26(39-31)11-8-22-6-5-7-27-28(22)32(2,3)29(41)37-27/h5-7,9-10,18-19,21,35H,8,11-17H2,1-4H3,(H,37,41)(H,36,38,39). The molecule has 3 heterocycles. The average Bonchev–Trinajstić information content (AvgIpc) is 3.75. The van der Waals surface area contributed by atoms with Crippen LogP contribution in [0.3, 0.4) is 0 Å². The first-order chi connectivity index (χ1) is 20.1. The number of carbonyl (C=O) groups excluding carboxylic acids is 2. The molecule has 8 nitrogen and oxygen atoms in total. The summed E-state index contributed by atoms with van der Waals surface area (Å²) in [5.41, 5.74) is 6.35. The fraction of sp³-hybridized carbons (Fsp3) is 0.455. The van der Waals surface area contributed by atoms with Crippen LogP contribution in [0.1, 0.15) is 73.4 Å². The predicted octanol–water partition coefficient (Wildman–Crippen LogP) is 5.65. The molecule has 0 atom stereocenters. The number of aryl methyl sites for hydroxylation is 3. The molecule has 6 rings (SSSR count). The summed E-state index contributed by atoms with van der Waals surface area (Å²) < 4.78 is 0. The third kappa shape index (κ3) is 5.26. The number of piperidine rings is 1. The molecule has 2 amide bonds. The van der Waals surface area contributed by atoms with Crippen LogP contribution in [0.25, 0.3) is 0 Å². The van der Waals surface area contributed by atoms with Crippen LogP contribution in [0.15, 0.2) is 42.6 Å². The van der Waals surface area contributed by atoms with Crippen LogP contribution in [0, 0.1) is 6.92 Å². The van der Waals surface area contributed by atoms with E-state index >= 15 is 0 Å². The number of halogens is 1. The number of fused-ring (bicyclic) bond motifs is 1. The fourth-order valence-electron chi connectivity index (χ4n) is 6.55. The number of likely N-dealkylation sites (N-methyl/N-ethyl adjacent to an activating group) is 1. The van der Waals surface area contributed by atoms with Gasteiger partial charge in [-0.25, -0.2) is 9.97 Å². The third-order valence-electron chi connectivity index (χ3n) is 9.43. The van der Waals surface area contributed by atoms with E-state index in [1.807, 2.05) is 37.9 Å². The molecule has 0 bridgehead atoms. The fourth-order valence-corrected chi connectivity index (χ4v) is 6.74. The van der Waals surface area contributed by atoms with Gasteiger partial charge < -0.3 is 20.9 Å². The maximum absolute atomic E-state index is 12.9. The minimum absolute atomic E-state index is 0.0227. The average molecular weight is 587 g/mol. The predicted molar refractivity (Wildman–Crippen MR) is 167 cm³/mol. The van der Waals surface area contributed by atoms with Crippen molar-refractivity contribution in [3.63, 3.8) is 0 Å². The Morgan fingerprint density at radius 1 is 1.14 bits per heavy atom. The van der Waals surface area contributed by atoms with Crippen LogP contribution in [0.4, 0.5) is 17.3 Å². The topological polar surface area (TPSA) is 99.3 Å². The maximum Gasteiger partial charge on any atom is 0.242 e. The van der Waals surface area contributed by atoms with E-state index in [1.165, 1.54) is 5.56 Å². The molecule has 2 aliphatic heterocycles. The number of nitrogens with one attached hydrogen (secondary N) is 3. The van der Waals surface area contributed by atoms with Gasteiger partial charge in [0.05, 0.1) is 27.9 Å². The second-order valence-electron chi connectivity index (χ2n) is 12.5. The molecule has 1 aliphatic carbocycles. The minimum Gasteiger partial charge on any atom is -0.341 e. The number of amides is 2. The molecule has 220 valence electrons. The van der Waals surface area contributed by atoms with Crippen LogP contribution in [-0.4, -0.2) is 52.4 Å². The van der Waals surface area contributed by atoms with Gasteiger partial charge in [-0.05, 0) is 107 Å². The maximum atomic E-state index is 12.9. The number of benzene rings is 2. The molecule has 9 heteroatoms. The normalized spacial score (nSPS) is 18.9. The minimum atomic E-state index is -0.571. The lowest BCUT2D eigenvalue weighted by Gasteiger charge is -2.34. The number of anilines is 3. The molecule has 3 aromatic rings. The lowest BCUT2D eigenvalue weighted by molar-refractivity contribution is -0.135. The Bertz CT molecular complexity index is 1540. The lowest BCUT2D eigenvalue weighted by atomic mass is 9.82. The highest BCUT2D eigenvalue weighted by molar-refractivity contribution is 6.31. The molecule has 2 fully saturated rings. The van der Waals surface area contributed by atoms with Crippen molar-refractivity contribution >= 4 is 40.7 Å². The number of hydrogen-bond donors (Lipinski definition) is 3. The van der Waals surface area contributed by atoms with Gasteiger partial charge in [0.2, 0.25) is 17.8 Å².